The Morgan fingerprint density at radius 1 is 0.893 bits per heavy atom. The Kier molecular flexibility index (Phi) is 5.44. The fourth-order valence-electron chi connectivity index (χ4n) is 2.99. The lowest BCUT2D eigenvalue weighted by Gasteiger charge is -2.08. The van der Waals surface area contributed by atoms with Crippen LogP contribution in [0, 0.1) is 13.8 Å². The summed E-state index contributed by atoms with van der Waals surface area (Å²) in [6.45, 7) is 4.65. The van der Waals surface area contributed by atoms with E-state index in [1.54, 1.807) is 11.3 Å². The topological polar surface area (TPSA) is 50.7 Å². The van der Waals surface area contributed by atoms with E-state index in [9.17, 15) is 0 Å². The molecule has 0 atom stereocenters. The summed E-state index contributed by atoms with van der Waals surface area (Å²) in [6.07, 6.45) is 0.871. The highest BCUT2D eigenvalue weighted by Gasteiger charge is 2.07. The Morgan fingerprint density at radius 3 is 2.46 bits per heavy atom. The largest absolute Gasteiger partial charge is 0.364 e. The second kappa shape index (κ2) is 8.31. The average Bonchev–Trinajstić information content (AvgIpc) is 3.15. The number of nitrogens with zero attached hydrogens (tertiary/aromatic N) is 3. The van der Waals surface area contributed by atoms with Crippen molar-refractivity contribution in [3.05, 3.63) is 93.7 Å². The lowest BCUT2D eigenvalue weighted by atomic mass is 10.1. The molecule has 0 bridgehead atoms. The molecule has 1 N–H and O–H groups in total. The number of nitrogens with one attached hydrogen (secondary N) is 1. The number of thiazole rings is 1. The van der Waals surface area contributed by atoms with Crippen LogP contribution in [0.3, 0.4) is 0 Å². The number of hydrogen-bond donors (Lipinski definition) is 1. The summed E-state index contributed by atoms with van der Waals surface area (Å²) >= 11 is 1.70. The Bertz CT molecular complexity index is 1060. The molecular weight excluding hydrogens is 364 g/mol. The number of aryl methyl sites for hydroxylation is 2. The summed E-state index contributed by atoms with van der Waals surface area (Å²) in [5, 5.41) is 6.63. The highest BCUT2D eigenvalue weighted by atomic mass is 32.1. The molecule has 28 heavy (non-hydrogen) atoms. The van der Waals surface area contributed by atoms with Gasteiger partial charge in [-0.3, -0.25) is 0 Å². The number of benzene rings is 2. The van der Waals surface area contributed by atoms with E-state index < -0.39 is 0 Å². The third kappa shape index (κ3) is 4.61. The van der Waals surface area contributed by atoms with Crippen LogP contribution in [-0.4, -0.2) is 15.0 Å². The summed E-state index contributed by atoms with van der Waals surface area (Å²) in [7, 11) is 0. The molecule has 0 saturated carbocycles. The zero-order chi connectivity index (χ0) is 19.3. The van der Waals surface area contributed by atoms with Gasteiger partial charge in [0.05, 0.1) is 22.9 Å². The Balaban J connectivity index is 1.44. The molecule has 5 heteroatoms. The molecule has 0 spiro atoms. The summed E-state index contributed by atoms with van der Waals surface area (Å²) in [6, 6.07) is 20.8. The quantitative estimate of drug-likeness (QED) is 0.481. The van der Waals surface area contributed by atoms with Crippen molar-refractivity contribution in [2.45, 2.75) is 26.8 Å². The van der Waals surface area contributed by atoms with Crippen molar-refractivity contribution in [3.63, 3.8) is 0 Å². The minimum Gasteiger partial charge on any atom is -0.364 e. The van der Waals surface area contributed by atoms with Crippen LogP contribution in [0.15, 0.2) is 66.0 Å². The van der Waals surface area contributed by atoms with Gasteiger partial charge in [0.1, 0.15) is 11.6 Å². The van der Waals surface area contributed by atoms with Gasteiger partial charge in [-0.25, -0.2) is 15.0 Å². The van der Waals surface area contributed by atoms with Crippen molar-refractivity contribution in [3.8, 4) is 11.3 Å². The van der Waals surface area contributed by atoms with Gasteiger partial charge in [-0.1, -0.05) is 60.2 Å². The maximum atomic E-state index is 4.75. The van der Waals surface area contributed by atoms with Crippen LogP contribution in [0.5, 0.6) is 0 Å². The summed E-state index contributed by atoms with van der Waals surface area (Å²) in [4.78, 5) is 13.8. The Morgan fingerprint density at radius 2 is 1.68 bits per heavy atom. The predicted molar refractivity (Wildman–Crippen MR) is 116 cm³/mol. The minimum absolute atomic E-state index is 0.648. The minimum atomic E-state index is 0.648. The molecule has 0 aliphatic carbocycles. The molecule has 2 heterocycles. The first kappa shape index (κ1) is 18.3. The van der Waals surface area contributed by atoms with E-state index in [4.69, 9.17) is 4.98 Å². The van der Waals surface area contributed by atoms with Gasteiger partial charge in [-0.05, 0) is 19.4 Å². The standard InChI is InChI=1S/C23H22N4S/c1-16-8-10-19(11-9-16)21-13-22(26-17(2)25-21)24-14-20-15-28-23(27-20)12-18-6-4-3-5-7-18/h3-11,13,15H,12,14H2,1-2H3,(H,24,25,26). The van der Waals surface area contributed by atoms with E-state index in [0.717, 1.165) is 40.0 Å². The number of rotatable bonds is 6. The third-order valence-electron chi connectivity index (χ3n) is 4.43. The average molecular weight is 387 g/mol. The van der Waals surface area contributed by atoms with Crippen LogP contribution in [0.1, 0.15) is 27.7 Å². The van der Waals surface area contributed by atoms with Gasteiger partial charge in [0.2, 0.25) is 0 Å². The molecule has 4 rings (SSSR count). The fraction of sp³-hybridized carbons (Fsp3) is 0.174. The monoisotopic (exact) mass is 386 g/mol. The Labute approximate surface area is 169 Å². The molecule has 0 amide bonds. The predicted octanol–water partition coefficient (Wildman–Crippen LogP) is 5.42. The van der Waals surface area contributed by atoms with Gasteiger partial charge in [0, 0.05) is 23.4 Å². The number of hydrogen-bond acceptors (Lipinski definition) is 5. The molecule has 140 valence electrons. The highest BCUT2D eigenvalue weighted by molar-refractivity contribution is 7.09. The van der Waals surface area contributed by atoms with Crippen molar-refractivity contribution in [2.75, 3.05) is 5.32 Å². The van der Waals surface area contributed by atoms with Gasteiger partial charge >= 0.3 is 0 Å². The summed E-state index contributed by atoms with van der Waals surface area (Å²) < 4.78 is 0. The first-order valence-corrected chi connectivity index (χ1v) is 10.2. The van der Waals surface area contributed by atoms with E-state index in [2.05, 4.69) is 76.1 Å². The van der Waals surface area contributed by atoms with Gasteiger partial charge in [0.25, 0.3) is 0 Å². The first-order valence-electron chi connectivity index (χ1n) is 9.29. The Hall–Kier alpha value is -3.05. The summed E-state index contributed by atoms with van der Waals surface area (Å²) in [5.41, 5.74) is 5.58. The molecule has 0 radical (unpaired) electrons. The van der Waals surface area contributed by atoms with E-state index in [-0.39, 0.29) is 0 Å². The van der Waals surface area contributed by atoms with Gasteiger partial charge in [0.15, 0.2) is 0 Å². The number of anilines is 1. The third-order valence-corrected chi connectivity index (χ3v) is 5.33. The molecule has 0 aliphatic heterocycles. The van der Waals surface area contributed by atoms with Gasteiger partial charge in [-0.2, -0.15) is 0 Å². The molecule has 4 aromatic rings. The maximum Gasteiger partial charge on any atom is 0.130 e. The van der Waals surface area contributed by atoms with Crippen LogP contribution in [0.4, 0.5) is 5.82 Å². The second-order valence-electron chi connectivity index (χ2n) is 6.80. The molecule has 2 aromatic heterocycles. The molecule has 2 aromatic carbocycles. The molecule has 0 fully saturated rings. The first-order chi connectivity index (χ1) is 13.7. The van der Waals surface area contributed by atoms with E-state index >= 15 is 0 Å². The lowest BCUT2D eigenvalue weighted by Crippen LogP contribution is -2.04. The zero-order valence-corrected chi connectivity index (χ0v) is 16.8. The highest BCUT2D eigenvalue weighted by Crippen LogP contribution is 2.21. The summed E-state index contributed by atoms with van der Waals surface area (Å²) in [5.74, 6) is 1.57. The van der Waals surface area contributed by atoms with E-state index in [1.165, 1.54) is 11.1 Å². The smallest absolute Gasteiger partial charge is 0.130 e. The zero-order valence-electron chi connectivity index (χ0n) is 16.0. The van der Waals surface area contributed by atoms with Crippen molar-refractivity contribution < 1.29 is 0 Å². The van der Waals surface area contributed by atoms with Crippen molar-refractivity contribution in [2.24, 2.45) is 0 Å². The van der Waals surface area contributed by atoms with Crippen LogP contribution >= 0.6 is 11.3 Å². The van der Waals surface area contributed by atoms with Crippen LogP contribution < -0.4 is 5.32 Å². The van der Waals surface area contributed by atoms with Crippen LogP contribution in [-0.2, 0) is 13.0 Å². The molecule has 4 nitrogen and oxygen atoms in total. The molecule has 0 unspecified atom stereocenters. The molecular formula is C23H22N4S. The van der Waals surface area contributed by atoms with E-state index in [1.807, 2.05) is 19.1 Å². The SMILES string of the molecule is Cc1ccc(-c2cc(NCc3csc(Cc4ccccc4)n3)nc(C)n2)cc1. The van der Waals surface area contributed by atoms with E-state index in [0.29, 0.717) is 6.54 Å². The van der Waals surface area contributed by atoms with Crippen LogP contribution in [0.2, 0.25) is 0 Å². The fourth-order valence-corrected chi connectivity index (χ4v) is 3.82. The van der Waals surface area contributed by atoms with Crippen LogP contribution in [0.25, 0.3) is 11.3 Å². The lowest BCUT2D eigenvalue weighted by molar-refractivity contribution is 0.991. The normalized spacial score (nSPS) is 10.8. The molecule has 0 aliphatic rings. The van der Waals surface area contributed by atoms with Gasteiger partial charge < -0.3 is 5.32 Å². The maximum absolute atomic E-state index is 4.75. The van der Waals surface area contributed by atoms with Crippen molar-refractivity contribution >= 4 is 17.2 Å². The van der Waals surface area contributed by atoms with Gasteiger partial charge in [-0.15, -0.1) is 11.3 Å². The van der Waals surface area contributed by atoms with Crippen molar-refractivity contribution in [1.82, 2.24) is 15.0 Å². The number of aromatic nitrogens is 3. The van der Waals surface area contributed by atoms with Crippen molar-refractivity contribution in [1.29, 1.82) is 0 Å². The molecule has 0 saturated heterocycles. The second-order valence-corrected chi connectivity index (χ2v) is 7.74.